The molecule has 0 aromatic carbocycles. The van der Waals surface area contributed by atoms with E-state index >= 15 is 0 Å². The van der Waals surface area contributed by atoms with Crippen LogP contribution in [0.4, 0.5) is 0 Å². The van der Waals surface area contributed by atoms with Crippen molar-refractivity contribution in [2.45, 2.75) is 185 Å². The van der Waals surface area contributed by atoms with Crippen LogP contribution in [0.1, 0.15) is 155 Å². The van der Waals surface area contributed by atoms with Crippen molar-refractivity contribution in [3.05, 3.63) is 0 Å². The predicted molar refractivity (Wildman–Crippen MR) is 165 cm³/mol. The highest BCUT2D eigenvalue weighted by Crippen LogP contribution is 2.36. The molecule has 1 rings (SSSR count). The molecule has 1 aliphatic rings. The van der Waals surface area contributed by atoms with Gasteiger partial charge < -0.3 is 35.1 Å². The fourth-order valence-electron chi connectivity index (χ4n) is 6.69. The average Bonchev–Trinajstić information content (AvgIpc) is 2.93. The van der Waals surface area contributed by atoms with Crippen LogP contribution < -0.4 is 0 Å². The third kappa shape index (κ3) is 19.4. The number of rotatable bonds is 19. The van der Waals surface area contributed by atoms with E-state index in [2.05, 4.69) is 13.8 Å². The number of carbonyl (C=O) groups is 1. The summed E-state index contributed by atoms with van der Waals surface area (Å²) >= 11 is 0. The van der Waals surface area contributed by atoms with Gasteiger partial charge in [-0.2, -0.15) is 0 Å². The number of ether oxygens (including phenoxy) is 1. The number of carbonyl (C=O) groups excluding carboxylic acids is 1. The van der Waals surface area contributed by atoms with Crippen molar-refractivity contribution < 1.29 is 35.1 Å². The lowest BCUT2D eigenvalue weighted by Gasteiger charge is -2.33. The Morgan fingerprint density at radius 3 is 1.88 bits per heavy atom. The van der Waals surface area contributed by atoms with E-state index in [1.165, 1.54) is 64.2 Å². The SMILES string of the molecule is CO[C@@H](C)[C@H](C)C[C@@H]1CCCCCCCCCCCC1CCC(O)(O)C[C@@H](O)CCCCC[C@@H](O)C[C@@H](O)CC=O. The van der Waals surface area contributed by atoms with Crippen LogP contribution in [0.25, 0.3) is 0 Å². The molecule has 0 heterocycles. The van der Waals surface area contributed by atoms with E-state index in [1.54, 1.807) is 7.11 Å². The van der Waals surface area contributed by atoms with E-state index in [4.69, 9.17) is 4.74 Å². The molecule has 0 saturated heterocycles. The molecule has 0 aromatic heterocycles. The summed E-state index contributed by atoms with van der Waals surface area (Å²) in [7, 11) is 1.78. The van der Waals surface area contributed by atoms with E-state index in [9.17, 15) is 30.3 Å². The summed E-state index contributed by atoms with van der Waals surface area (Å²) in [6.07, 6.45) is 18.3. The Morgan fingerprint density at radius 1 is 0.780 bits per heavy atom. The van der Waals surface area contributed by atoms with E-state index in [0.29, 0.717) is 36.9 Å². The number of methoxy groups -OCH3 is 1. The molecule has 0 aromatic rings. The molecule has 7 heteroatoms. The van der Waals surface area contributed by atoms with Gasteiger partial charge in [-0.05, 0) is 56.8 Å². The molecule has 1 saturated carbocycles. The zero-order valence-electron chi connectivity index (χ0n) is 26.7. The molecular weight excluding hydrogens is 520 g/mol. The molecule has 244 valence electrons. The molecule has 0 bridgehead atoms. The lowest BCUT2D eigenvalue weighted by molar-refractivity contribution is -0.188. The molecular formula is C34H66O7. The Balaban J connectivity index is 2.59. The van der Waals surface area contributed by atoms with Gasteiger partial charge in [-0.25, -0.2) is 0 Å². The maximum Gasteiger partial charge on any atom is 0.164 e. The zero-order valence-corrected chi connectivity index (χ0v) is 26.7. The first-order valence-electron chi connectivity index (χ1n) is 17.0. The molecule has 0 spiro atoms. The first-order valence-corrected chi connectivity index (χ1v) is 17.0. The lowest BCUT2D eigenvalue weighted by Crippen LogP contribution is -2.34. The summed E-state index contributed by atoms with van der Waals surface area (Å²) in [6, 6.07) is 0. The smallest absolute Gasteiger partial charge is 0.164 e. The van der Waals surface area contributed by atoms with E-state index in [1.807, 2.05) is 0 Å². The largest absolute Gasteiger partial charge is 0.393 e. The monoisotopic (exact) mass is 586 g/mol. The normalized spacial score (nSPS) is 23.8. The highest BCUT2D eigenvalue weighted by Gasteiger charge is 2.31. The van der Waals surface area contributed by atoms with Gasteiger partial charge >= 0.3 is 0 Å². The first-order chi connectivity index (χ1) is 19.6. The van der Waals surface area contributed by atoms with E-state index in [0.717, 1.165) is 38.5 Å². The van der Waals surface area contributed by atoms with Crippen LogP contribution in [-0.2, 0) is 9.53 Å². The van der Waals surface area contributed by atoms with E-state index in [-0.39, 0.29) is 31.8 Å². The minimum Gasteiger partial charge on any atom is -0.393 e. The molecule has 1 unspecified atom stereocenters. The van der Waals surface area contributed by atoms with Crippen molar-refractivity contribution in [2.24, 2.45) is 17.8 Å². The van der Waals surface area contributed by atoms with Crippen molar-refractivity contribution in [3.63, 3.8) is 0 Å². The molecule has 0 radical (unpaired) electrons. The number of aliphatic hydroxyl groups is 5. The molecule has 0 amide bonds. The Hall–Kier alpha value is -0.570. The number of unbranched alkanes of at least 4 members (excludes halogenated alkanes) is 2. The van der Waals surface area contributed by atoms with Gasteiger partial charge in [0, 0.05) is 26.4 Å². The second kappa shape index (κ2) is 22.9. The first kappa shape index (κ1) is 38.5. The molecule has 41 heavy (non-hydrogen) atoms. The van der Waals surface area contributed by atoms with Crippen molar-refractivity contribution in [1.29, 1.82) is 0 Å². The van der Waals surface area contributed by atoms with Crippen molar-refractivity contribution in [1.82, 2.24) is 0 Å². The third-order valence-electron chi connectivity index (χ3n) is 9.63. The molecule has 7 nitrogen and oxygen atoms in total. The predicted octanol–water partition coefficient (Wildman–Crippen LogP) is 6.45. The second-order valence-corrected chi connectivity index (χ2v) is 13.4. The summed E-state index contributed by atoms with van der Waals surface area (Å²) in [5, 5.41) is 51.9. The number of hydrogen-bond acceptors (Lipinski definition) is 7. The van der Waals surface area contributed by atoms with Crippen LogP contribution in [0.15, 0.2) is 0 Å². The van der Waals surface area contributed by atoms with Gasteiger partial charge in [0.25, 0.3) is 0 Å². The molecule has 1 aliphatic carbocycles. The number of hydrogen-bond donors (Lipinski definition) is 5. The summed E-state index contributed by atoms with van der Waals surface area (Å²) in [5.41, 5.74) is 0. The maximum atomic E-state index is 10.9. The van der Waals surface area contributed by atoms with Crippen LogP contribution in [-0.4, -0.2) is 69.1 Å². The minimum absolute atomic E-state index is 0.0397. The lowest BCUT2D eigenvalue weighted by atomic mass is 9.75. The highest BCUT2D eigenvalue weighted by molar-refractivity contribution is 5.49. The van der Waals surface area contributed by atoms with Gasteiger partial charge in [0.15, 0.2) is 5.79 Å². The molecule has 7 atom stereocenters. The van der Waals surface area contributed by atoms with Crippen LogP contribution in [0.2, 0.25) is 0 Å². The Labute approximate surface area is 251 Å². The van der Waals surface area contributed by atoms with Gasteiger partial charge in [0.05, 0.1) is 24.4 Å². The molecule has 1 fully saturated rings. The van der Waals surface area contributed by atoms with Crippen LogP contribution in [0.3, 0.4) is 0 Å². The second-order valence-electron chi connectivity index (χ2n) is 13.4. The quantitative estimate of drug-likeness (QED) is 0.0669. The van der Waals surface area contributed by atoms with Crippen molar-refractivity contribution in [3.8, 4) is 0 Å². The maximum absolute atomic E-state index is 10.9. The molecule has 5 N–H and O–H groups in total. The third-order valence-corrected chi connectivity index (χ3v) is 9.63. The Bertz CT molecular complexity index is 628. The summed E-state index contributed by atoms with van der Waals surface area (Å²) in [5.74, 6) is -0.407. The van der Waals surface area contributed by atoms with Gasteiger partial charge in [-0.15, -0.1) is 0 Å². The number of aldehydes is 1. The minimum atomic E-state index is -1.87. The zero-order chi connectivity index (χ0) is 30.5. The fraction of sp³-hybridized carbons (Fsp3) is 0.971. The van der Waals surface area contributed by atoms with Gasteiger partial charge in [-0.3, -0.25) is 0 Å². The average molecular weight is 587 g/mol. The van der Waals surface area contributed by atoms with Crippen molar-refractivity contribution >= 4 is 6.29 Å². The van der Waals surface area contributed by atoms with Crippen LogP contribution in [0.5, 0.6) is 0 Å². The number of aliphatic hydroxyl groups excluding tert-OH is 3. The Kier molecular flexibility index (Phi) is 21.5. The van der Waals surface area contributed by atoms with E-state index < -0.39 is 24.1 Å². The summed E-state index contributed by atoms with van der Waals surface area (Å²) < 4.78 is 5.64. The van der Waals surface area contributed by atoms with Gasteiger partial charge in [0.1, 0.15) is 6.29 Å². The van der Waals surface area contributed by atoms with Gasteiger partial charge in [-0.1, -0.05) is 96.8 Å². The molecule has 0 aliphatic heterocycles. The van der Waals surface area contributed by atoms with Crippen LogP contribution >= 0.6 is 0 Å². The fourth-order valence-corrected chi connectivity index (χ4v) is 6.69. The summed E-state index contributed by atoms with van der Waals surface area (Å²) in [4.78, 5) is 10.4. The highest BCUT2D eigenvalue weighted by atomic mass is 16.5. The van der Waals surface area contributed by atoms with Gasteiger partial charge in [0.2, 0.25) is 0 Å². The summed E-state index contributed by atoms with van der Waals surface area (Å²) in [6.45, 7) is 4.43. The standard InChI is InChI=1S/C34H66O7/c1-27(28(2)41-3)24-30-17-13-10-8-6-4-5-7-9-12-16-29(30)20-22-34(39,40)26-33(38)19-15-11-14-18-31(36)25-32(37)21-23-35/h23,27-33,36-40H,4-22,24-26H2,1-3H3/t27-,28+,29?,30+,31-,32+,33+/m1/s1. The topological polar surface area (TPSA) is 127 Å². The van der Waals surface area contributed by atoms with Crippen LogP contribution in [0, 0.1) is 17.8 Å². The van der Waals surface area contributed by atoms with Crippen molar-refractivity contribution in [2.75, 3.05) is 7.11 Å². The Morgan fingerprint density at radius 2 is 1.32 bits per heavy atom.